The number of carbonyl (C=O) groups excluding carboxylic acids is 2. The molecule has 1 aromatic heterocycles. The van der Waals surface area contributed by atoms with Crippen molar-refractivity contribution in [3.05, 3.63) is 46.7 Å². The van der Waals surface area contributed by atoms with Crippen LogP contribution in [-0.2, 0) is 0 Å². The fourth-order valence-electron chi connectivity index (χ4n) is 1.83. The van der Waals surface area contributed by atoms with Crippen molar-refractivity contribution in [2.75, 3.05) is 17.2 Å². The second-order valence-corrected chi connectivity index (χ2v) is 5.69. The molecular weight excluding hydrogens is 298 g/mol. The van der Waals surface area contributed by atoms with Gasteiger partial charge >= 0.3 is 6.03 Å². The van der Waals surface area contributed by atoms with E-state index in [1.54, 1.807) is 30.3 Å². The first-order valence-corrected chi connectivity index (χ1v) is 8.07. The second-order valence-electron chi connectivity index (χ2n) is 4.75. The van der Waals surface area contributed by atoms with Gasteiger partial charge in [-0.2, -0.15) is 0 Å². The fourth-order valence-corrected chi connectivity index (χ4v) is 2.45. The monoisotopic (exact) mass is 317 g/mol. The van der Waals surface area contributed by atoms with Crippen molar-refractivity contribution in [2.45, 2.75) is 19.8 Å². The van der Waals surface area contributed by atoms with Crippen molar-refractivity contribution in [3.63, 3.8) is 0 Å². The van der Waals surface area contributed by atoms with E-state index in [2.05, 4.69) is 22.9 Å². The van der Waals surface area contributed by atoms with Gasteiger partial charge in [-0.1, -0.05) is 25.5 Å². The van der Waals surface area contributed by atoms with E-state index in [9.17, 15) is 9.59 Å². The predicted molar refractivity (Wildman–Crippen MR) is 90.6 cm³/mol. The molecule has 0 spiro atoms. The van der Waals surface area contributed by atoms with Gasteiger partial charge in [0.2, 0.25) is 0 Å². The molecule has 0 radical (unpaired) electrons. The molecule has 2 rings (SSSR count). The second kappa shape index (κ2) is 8.19. The molecule has 5 nitrogen and oxygen atoms in total. The minimum atomic E-state index is -0.241. The molecular formula is C16H19N3O2S. The maximum absolute atomic E-state index is 12.0. The van der Waals surface area contributed by atoms with Gasteiger partial charge < -0.3 is 16.0 Å². The van der Waals surface area contributed by atoms with Gasteiger partial charge in [-0.3, -0.25) is 4.79 Å². The molecule has 116 valence electrons. The van der Waals surface area contributed by atoms with Crippen LogP contribution in [0, 0.1) is 0 Å². The highest BCUT2D eigenvalue weighted by Crippen LogP contribution is 2.17. The summed E-state index contributed by atoms with van der Waals surface area (Å²) in [5.41, 5.74) is 1.28. The van der Waals surface area contributed by atoms with Crippen molar-refractivity contribution in [2.24, 2.45) is 0 Å². The van der Waals surface area contributed by atoms with Gasteiger partial charge in [0.05, 0.1) is 4.88 Å². The van der Waals surface area contributed by atoms with Gasteiger partial charge in [0.1, 0.15) is 0 Å². The highest BCUT2D eigenvalue weighted by molar-refractivity contribution is 7.12. The van der Waals surface area contributed by atoms with E-state index in [1.165, 1.54) is 11.3 Å². The first kappa shape index (κ1) is 16.0. The van der Waals surface area contributed by atoms with Crippen LogP contribution in [0.5, 0.6) is 0 Å². The van der Waals surface area contributed by atoms with Crippen LogP contribution in [0.4, 0.5) is 16.2 Å². The van der Waals surface area contributed by atoms with Gasteiger partial charge in [-0.15, -0.1) is 11.3 Å². The normalized spacial score (nSPS) is 10.0. The van der Waals surface area contributed by atoms with Gasteiger partial charge in [0.25, 0.3) is 5.91 Å². The Kier molecular flexibility index (Phi) is 5.97. The molecule has 3 N–H and O–H groups in total. The lowest BCUT2D eigenvalue weighted by Gasteiger charge is -2.09. The van der Waals surface area contributed by atoms with E-state index >= 15 is 0 Å². The number of hydrogen-bond donors (Lipinski definition) is 3. The molecule has 0 bridgehead atoms. The average molecular weight is 317 g/mol. The van der Waals surface area contributed by atoms with Crippen molar-refractivity contribution in [1.82, 2.24) is 5.32 Å². The van der Waals surface area contributed by atoms with E-state index in [0.29, 0.717) is 22.8 Å². The largest absolute Gasteiger partial charge is 0.338 e. The third-order valence-electron chi connectivity index (χ3n) is 2.94. The zero-order valence-corrected chi connectivity index (χ0v) is 13.2. The SMILES string of the molecule is CCCCNC(=O)Nc1cccc(NC(=O)c2cccs2)c1. The van der Waals surface area contributed by atoms with E-state index in [1.807, 2.05) is 11.4 Å². The van der Waals surface area contributed by atoms with Crippen LogP contribution in [0.25, 0.3) is 0 Å². The summed E-state index contributed by atoms with van der Waals surface area (Å²) < 4.78 is 0. The van der Waals surface area contributed by atoms with Crippen LogP contribution in [0.15, 0.2) is 41.8 Å². The number of unbranched alkanes of at least 4 members (excludes halogenated alkanes) is 1. The van der Waals surface area contributed by atoms with Crippen LogP contribution >= 0.6 is 11.3 Å². The first-order valence-electron chi connectivity index (χ1n) is 7.19. The summed E-state index contributed by atoms with van der Waals surface area (Å²) in [6, 6.07) is 10.4. The van der Waals surface area contributed by atoms with Crippen LogP contribution in [0.2, 0.25) is 0 Å². The van der Waals surface area contributed by atoms with Crippen molar-refractivity contribution in [1.29, 1.82) is 0 Å². The lowest BCUT2D eigenvalue weighted by molar-refractivity contribution is 0.103. The summed E-state index contributed by atoms with van der Waals surface area (Å²) in [6.45, 7) is 2.72. The average Bonchev–Trinajstić information content (AvgIpc) is 3.02. The molecule has 1 aromatic carbocycles. The topological polar surface area (TPSA) is 70.2 Å². The highest BCUT2D eigenvalue weighted by atomic mass is 32.1. The van der Waals surface area contributed by atoms with Crippen molar-refractivity contribution in [3.8, 4) is 0 Å². The number of rotatable bonds is 6. The number of anilines is 2. The van der Waals surface area contributed by atoms with Crippen LogP contribution in [0.1, 0.15) is 29.4 Å². The first-order chi connectivity index (χ1) is 10.7. The Morgan fingerprint density at radius 3 is 2.55 bits per heavy atom. The minimum Gasteiger partial charge on any atom is -0.338 e. The van der Waals surface area contributed by atoms with Gasteiger partial charge in [-0.25, -0.2) is 4.79 Å². The molecule has 6 heteroatoms. The molecule has 2 aromatic rings. The summed E-state index contributed by atoms with van der Waals surface area (Å²) in [4.78, 5) is 24.3. The third kappa shape index (κ3) is 4.89. The molecule has 1 heterocycles. The van der Waals surface area contributed by atoms with Crippen molar-refractivity contribution < 1.29 is 9.59 Å². The van der Waals surface area contributed by atoms with Gasteiger partial charge in [0, 0.05) is 17.9 Å². The minimum absolute atomic E-state index is 0.153. The highest BCUT2D eigenvalue weighted by Gasteiger charge is 2.07. The number of urea groups is 1. The Morgan fingerprint density at radius 2 is 1.86 bits per heavy atom. The van der Waals surface area contributed by atoms with Crippen molar-refractivity contribution >= 4 is 34.6 Å². The summed E-state index contributed by atoms with van der Waals surface area (Å²) in [5, 5.41) is 10.2. The molecule has 0 unspecified atom stereocenters. The standard InChI is InChI=1S/C16H19N3O2S/c1-2-3-9-17-16(21)19-13-7-4-6-12(11-13)18-15(20)14-8-5-10-22-14/h4-8,10-11H,2-3,9H2,1H3,(H,18,20)(H2,17,19,21). The molecule has 0 aliphatic rings. The number of benzene rings is 1. The molecule has 0 saturated heterocycles. The Morgan fingerprint density at radius 1 is 1.09 bits per heavy atom. The Hall–Kier alpha value is -2.34. The lowest BCUT2D eigenvalue weighted by Crippen LogP contribution is -2.29. The maximum atomic E-state index is 12.0. The molecule has 0 aliphatic carbocycles. The van der Waals surface area contributed by atoms with E-state index in [4.69, 9.17) is 0 Å². The summed E-state index contributed by atoms with van der Waals surface area (Å²) in [6.07, 6.45) is 1.98. The molecule has 0 atom stereocenters. The summed E-state index contributed by atoms with van der Waals surface area (Å²) in [7, 11) is 0. The maximum Gasteiger partial charge on any atom is 0.319 e. The van der Waals surface area contributed by atoms with Crippen LogP contribution in [0.3, 0.4) is 0 Å². The van der Waals surface area contributed by atoms with E-state index in [-0.39, 0.29) is 11.9 Å². The zero-order valence-electron chi connectivity index (χ0n) is 12.4. The quantitative estimate of drug-likeness (QED) is 0.707. The van der Waals surface area contributed by atoms with Crippen LogP contribution in [-0.4, -0.2) is 18.5 Å². The van der Waals surface area contributed by atoms with Gasteiger partial charge in [-0.05, 0) is 36.1 Å². The molecule has 0 saturated carbocycles. The lowest BCUT2D eigenvalue weighted by atomic mass is 10.2. The third-order valence-corrected chi connectivity index (χ3v) is 3.81. The molecule has 3 amide bonds. The fraction of sp³-hybridized carbons (Fsp3) is 0.250. The van der Waals surface area contributed by atoms with Crippen LogP contribution < -0.4 is 16.0 Å². The molecule has 0 aliphatic heterocycles. The number of thiophene rings is 1. The number of amides is 3. The van der Waals surface area contributed by atoms with E-state index in [0.717, 1.165) is 12.8 Å². The smallest absolute Gasteiger partial charge is 0.319 e. The number of nitrogens with one attached hydrogen (secondary N) is 3. The predicted octanol–water partition coefficient (Wildman–Crippen LogP) is 3.92. The molecule has 22 heavy (non-hydrogen) atoms. The zero-order chi connectivity index (χ0) is 15.8. The Labute approximate surface area is 133 Å². The Bertz CT molecular complexity index is 626. The summed E-state index contributed by atoms with van der Waals surface area (Å²) in [5.74, 6) is -0.153. The Balaban J connectivity index is 1.92. The number of carbonyl (C=O) groups is 2. The molecule has 0 fully saturated rings. The summed E-state index contributed by atoms with van der Waals surface area (Å²) >= 11 is 1.38. The van der Waals surface area contributed by atoms with Gasteiger partial charge in [0.15, 0.2) is 0 Å². The van der Waals surface area contributed by atoms with E-state index < -0.39 is 0 Å². The number of hydrogen-bond acceptors (Lipinski definition) is 3.